The van der Waals surface area contributed by atoms with E-state index in [1.165, 1.54) is 39.3 Å². The van der Waals surface area contributed by atoms with E-state index in [1.54, 1.807) is 0 Å². The number of aliphatic imine (C=N–C) groups is 1. The monoisotopic (exact) mass is 404 g/mol. The van der Waals surface area contributed by atoms with Crippen molar-refractivity contribution in [1.29, 1.82) is 0 Å². The largest absolute Gasteiger partial charge is 0.374 e. The molecule has 0 saturated carbocycles. The maximum Gasteiger partial charge on any atom is 0.0701 e. The number of fused-ring (bicyclic) bond motifs is 1. The molecule has 30 heavy (non-hydrogen) atoms. The summed E-state index contributed by atoms with van der Waals surface area (Å²) >= 11 is 0. The summed E-state index contributed by atoms with van der Waals surface area (Å²) < 4.78 is 0. The van der Waals surface area contributed by atoms with Gasteiger partial charge in [0.25, 0.3) is 0 Å². The number of hydrogen-bond acceptors (Lipinski definition) is 2. The van der Waals surface area contributed by atoms with Crippen molar-refractivity contribution < 1.29 is 0 Å². The van der Waals surface area contributed by atoms with E-state index in [9.17, 15) is 0 Å². The molecule has 2 aromatic carbocycles. The van der Waals surface area contributed by atoms with Gasteiger partial charge in [-0.05, 0) is 66.2 Å². The third-order valence-electron chi connectivity index (χ3n) is 6.53. The zero-order chi connectivity index (χ0) is 22.2. The number of rotatable bonds is 6. The molecular formula is C28H40N2. The van der Waals surface area contributed by atoms with Crippen LogP contribution in [0.1, 0.15) is 115 Å². The summed E-state index contributed by atoms with van der Waals surface area (Å²) in [5.74, 6) is 1.91. The van der Waals surface area contributed by atoms with Gasteiger partial charge in [-0.2, -0.15) is 0 Å². The summed E-state index contributed by atoms with van der Waals surface area (Å²) in [4.78, 5) is 5.29. The van der Waals surface area contributed by atoms with Crippen molar-refractivity contribution in [3.05, 3.63) is 58.7 Å². The van der Waals surface area contributed by atoms with Crippen LogP contribution in [0.15, 0.2) is 41.4 Å². The Morgan fingerprint density at radius 3 is 1.87 bits per heavy atom. The molecule has 1 N–H and O–H groups in total. The van der Waals surface area contributed by atoms with E-state index in [0.717, 1.165) is 6.42 Å². The minimum absolute atomic E-state index is 0.218. The van der Waals surface area contributed by atoms with Gasteiger partial charge in [-0.3, -0.25) is 4.99 Å². The zero-order valence-electron chi connectivity index (χ0n) is 20.4. The molecule has 1 heterocycles. The third-order valence-corrected chi connectivity index (χ3v) is 6.53. The van der Waals surface area contributed by atoms with E-state index in [1.807, 2.05) is 0 Å². The molecule has 3 rings (SSSR count). The molecule has 0 fully saturated rings. The van der Waals surface area contributed by atoms with Crippen LogP contribution in [0.2, 0.25) is 0 Å². The van der Waals surface area contributed by atoms with Crippen LogP contribution in [0.5, 0.6) is 0 Å². The molecule has 2 nitrogen and oxygen atoms in total. The molecular weight excluding hydrogens is 364 g/mol. The highest BCUT2D eigenvalue weighted by Gasteiger charge is 2.32. The van der Waals surface area contributed by atoms with Gasteiger partial charge in [-0.1, -0.05) is 84.9 Å². The van der Waals surface area contributed by atoms with Gasteiger partial charge in [0.15, 0.2) is 0 Å². The third kappa shape index (κ3) is 4.33. The quantitative estimate of drug-likeness (QED) is 0.512. The van der Waals surface area contributed by atoms with Crippen LogP contribution in [0.4, 0.5) is 11.4 Å². The number of anilines is 1. The molecule has 1 aliphatic rings. The standard InChI is InChI=1S/C28H40N2/c1-17(2)21-12-11-15-24-20(7)16-25(29-26(21)24)28(8,9)30-27-22(18(3)4)13-10-14-23(27)19(5)6/h10-15,17-20,30H,16H2,1-9H3/t20-/m1/s1. The van der Waals surface area contributed by atoms with Crippen molar-refractivity contribution in [2.75, 3.05) is 5.32 Å². The number of nitrogens with one attached hydrogen (secondary N) is 1. The smallest absolute Gasteiger partial charge is 0.0701 e. The second-order valence-electron chi connectivity index (χ2n) is 10.5. The fraction of sp³-hybridized carbons (Fsp3) is 0.536. The first-order chi connectivity index (χ1) is 14.0. The Morgan fingerprint density at radius 2 is 1.33 bits per heavy atom. The summed E-state index contributed by atoms with van der Waals surface area (Å²) in [6.07, 6.45) is 0.995. The van der Waals surface area contributed by atoms with E-state index in [-0.39, 0.29) is 5.54 Å². The predicted octanol–water partition coefficient (Wildman–Crippen LogP) is 8.53. The van der Waals surface area contributed by atoms with E-state index < -0.39 is 0 Å². The van der Waals surface area contributed by atoms with Gasteiger partial charge >= 0.3 is 0 Å². The van der Waals surface area contributed by atoms with Crippen LogP contribution in [-0.2, 0) is 0 Å². The fourth-order valence-corrected chi connectivity index (χ4v) is 4.63. The highest BCUT2D eigenvalue weighted by molar-refractivity contribution is 5.99. The van der Waals surface area contributed by atoms with Crippen molar-refractivity contribution in [1.82, 2.24) is 0 Å². The van der Waals surface area contributed by atoms with Crippen molar-refractivity contribution in [3.63, 3.8) is 0 Å². The Bertz CT molecular complexity index is 905. The average molecular weight is 405 g/mol. The molecule has 0 radical (unpaired) electrons. The predicted molar refractivity (Wildman–Crippen MR) is 133 cm³/mol. The number of nitrogens with zero attached hydrogens (tertiary/aromatic N) is 1. The van der Waals surface area contributed by atoms with Crippen molar-refractivity contribution in [2.24, 2.45) is 4.99 Å². The average Bonchev–Trinajstić information content (AvgIpc) is 2.66. The molecule has 0 saturated heterocycles. The Morgan fingerprint density at radius 1 is 0.833 bits per heavy atom. The van der Waals surface area contributed by atoms with Crippen molar-refractivity contribution >= 4 is 17.1 Å². The van der Waals surface area contributed by atoms with E-state index in [0.29, 0.717) is 23.7 Å². The maximum atomic E-state index is 5.29. The molecule has 0 spiro atoms. The molecule has 0 aromatic heterocycles. The van der Waals surface area contributed by atoms with Crippen LogP contribution < -0.4 is 5.32 Å². The lowest BCUT2D eigenvalue weighted by Gasteiger charge is -2.36. The van der Waals surface area contributed by atoms with Gasteiger partial charge in [-0.25, -0.2) is 0 Å². The van der Waals surface area contributed by atoms with Crippen LogP contribution in [0.3, 0.4) is 0 Å². The highest BCUT2D eigenvalue weighted by atomic mass is 15.0. The number of hydrogen-bond donors (Lipinski definition) is 1. The van der Waals surface area contributed by atoms with E-state index in [2.05, 4.69) is 104 Å². The summed E-state index contributed by atoms with van der Waals surface area (Å²) in [5.41, 5.74) is 9.07. The summed E-state index contributed by atoms with van der Waals surface area (Å²) in [7, 11) is 0. The Kier molecular flexibility index (Phi) is 6.45. The first-order valence-electron chi connectivity index (χ1n) is 11.6. The lowest BCUT2D eigenvalue weighted by molar-refractivity contribution is 0.682. The van der Waals surface area contributed by atoms with Gasteiger partial charge in [0.05, 0.1) is 11.2 Å². The summed E-state index contributed by atoms with van der Waals surface area (Å²) in [6, 6.07) is 13.4. The molecule has 0 unspecified atom stereocenters. The SMILES string of the molecule is CC(C)c1cccc2c1N=C(C(C)(C)Nc1c(C(C)C)cccc1C(C)C)C[C@H]2C. The van der Waals surface area contributed by atoms with Gasteiger partial charge in [0.1, 0.15) is 0 Å². The van der Waals surface area contributed by atoms with Crippen LogP contribution in [0, 0.1) is 0 Å². The van der Waals surface area contributed by atoms with Gasteiger partial charge in [0, 0.05) is 11.4 Å². The molecule has 2 heteroatoms. The van der Waals surface area contributed by atoms with Crippen LogP contribution in [0.25, 0.3) is 0 Å². The van der Waals surface area contributed by atoms with Crippen molar-refractivity contribution in [3.8, 4) is 0 Å². The zero-order valence-corrected chi connectivity index (χ0v) is 20.4. The molecule has 2 aromatic rings. The molecule has 0 amide bonds. The van der Waals surface area contributed by atoms with Crippen LogP contribution in [-0.4, -0.2) is 11.3 Å². The molecule has 162 valence electrons. The molecule has 1 atom stereocenters. The topological polar surface area (TPSA) is 24.4 Å². The lowest BCUT2D eigenvalue weighted by atomic mass is 9.81. The second kappa shape index (κ2) is 8.57. The minimum atomic E-state index is -0.218. The minimum Gasteiger partial charge on any atom is -0.374 e. The molecule has 0 bridgehead atoms. The van der Waals surface area contributed by atoms with Crippen LogP contribution >= 0.6 is 0 Å². The van der Waals surface area contributed by atoms with Gasteiger partial charge < -0.3 is 5.32 Å². The Hall–Kier alpha value is -2.09. The first kappa shape index (κ1) is 22.6. The van der Waals surface area contributed by atoms with Crippen molar-refractivity contribution in [2.45, 2.75) is 97.9 Å². The first-order valence-corrected chi connectivity index (χ1v) is 11.6. The molecule has 0 aliphatic carbocycles. The van der Waals surface area contributed by atoms with E-state index in [4.69, 9.17) is 4.99 Å². The van der Waals surface area contributed by atoms with E-state index >= 15 is 0 Å². The normalized spacial score (nSPS) is 16.8. The fourth-order valence-electron chi connectivity index (χ4n) is 4.63. The highest BCUT2D eigenvalue weighted by Crippen LogP contribution is 2.42. The summed E-state index contributed by atoms with van der Waals surface area (Å²) in [6.45, 7) is 20.6. The number of benzene rings is 2. The second-order valence-corrected chi connectivity index (χ2v) is 10.5. The van der Waals surface area contributed by atoms with Gasteiger partial charge in [-0.15, -0.1) is 0 Å². The maximum absolute atomic E-state index is 5.29. The molecule has 1 aliphatic heterocycles. The van der Waals surface area contributed by atoms with Gasteiger partial charge in [0.2, 0.25) is 0 Å². The summed E-state index contributed by atoms with van der Waals surface area (Å²) in [5, 5.41) is 3.96. The number of para-hydroxylation sites is 2. The Balaban J connectivity index is 2.08. The lowest BCUT2D eigenvalue weighted by Crippen LogP contribution is -2.42. The Labute approximate surface area is 184 Å².